The monoisotopic (exact) mass is 289 g/mol. The van der Waals surface area contributed by atoms with Crippen molar-refractivity contribution in [2.75, 3.05) is 0 Å². The third kappa shape index (κ3) is 5.78. The minimum absolute atomic E-state index is 0. The molecule has 0 nitrogen and oxygen atoms in total. The number of rotatable bonds is 0. The van der Waals surface area contributed by atoms with Crippen LogP contribution in [-0.2, 0) is 19.5 Å². The molecule has 0 aromatic heterocycles. The average Bonchev–Trinajstić information content (AvgIpc) is 1.69. The van der Waals surface area contributed by atoms with Gasteiger partial charge in [0.2, 0.25) is 0 Å². The average molecular weight is 290 g/mol. The molecule has 0 saturated heterocycles. The summed E-state index contributed by atoms with van der Waals surface area (Å²) in [6, 6.07) is 0. The van der Waals surface area contributed by atoms with Crippen LogP contribution >= 0.6 is 24.0 Å². The van der Waals surface area contributed by atoms with Crippen LogP contribution in [0.5, 0.6) is 0 Å². The van der Waals surface area contributed by atoms with Crippen LogP contribution in [-0.4, -0.2) is 0 Å². The van der Waals surface area contributed by atoms with Crippen molar-refractivity contribution in [3.8, 4) is 0 Å². The molecule has 1 aliphatic carbocycles. The Balaban J connectivity index is 0. The Labute approximate surface area is 88.0 Å². The van der Waals surface area contributed by atoms with E-state index in [1.54, 1.807) is 0 Å². The van der Waals surface area contributed by atoms with E-state index in [0.29, 0.717) is 0 Å². The van der Waals surface area contributed by atoms with E-state index in [2.05, 4.69) is 6.92 Å². The van der Waals surface area contributed by atoms with Gasteiger partial charge in [0.05, 0.1) is 0 Å². The van der Waals surface area contributed by atoms with Gasteiger partial charge in [0.25, 0.3) is 0 Å². The Morgan fingerprint density at radius 3 is 1.67 bits per heavy atom. The van der Waals surface area contributed by atoms with E-state index in [9.17, 15) is 0 Å². The fraction of sp³-hybridized carbons (Fsp3) is 0.857. The maximum atomic E-state index is 4.00. The number of hydrogen-bond acceptors (Lipinski definition) is 0. The van der Waals surface area contributed by atoms with Crippen LogP contribution in [0, 0.1) is 12.8 Å². The fourth-order valence-electron chi connectivity index (χ4n) is 1.19. The van der Waals surface area contributed by atoms with Crippen molar-refractivity contribution in [2.24, 2.45) is 5.92 Å². The molecule has 0 amide bonds. The van der Waals surface area contributed by atoms with E-state index in [-0.39, 0.29) is 43.5 Å². The molecule has 0 unspecified atom stereocenters. The minimum atomic E-state index is 0. The summed E-state index contributed by atoms with van der Waals surface area (Å²) < 4.78 is 0. The van der Waals surface area contributed by atoms with Crippen molar-refractivity contribution >= 4 is 24.0 Å². The molecule has 0 bridgehead atoms. The van der Waals surface area contributed by atoms with Crippen molar-refractivity contribution in [1.29, 1.82) is 0 Å². The summed E-state index contributed by atoms with van der Waals surface area (Å²) in [5.41, 5.74) is 0. The first-order chi connectivity index (χ1) is 3.39. The van der Waals surface area contributed by atoms with Gasteiger partial charge in [0.15, 0.2) is 0 Å². The van der Waals surface area contributed by atoms with Gasteiger partial charge < -0.3 is 6.92 Å². The van der Waals surface area contributed by atoms with Gasteiger partial charge in [-0.15, -0.1) is 24.0 Å². The standard InChI is InChI=1S/C7H13.HI.Zn/c1-7-5-3-2-4-6-7;;/h7H,1-6H2;1H;/q-1;;. The second-order valence-corrected chi connectivity index (χ2v) is 2.50. The molecule has 0 aliphatic heterocycles. The number of hydrogen-bond donors (Lipinski definition) is 0. The topological polar surface area (TPSA) is 0 Å². The SMILES string of the molecule is I.[CH2-]C1CCCCC1.[Zn]. The molecule has 2 heteroatoms. The summed E-state index contributed by atoms with van der Waals surface area (Å²) in [7, 11) is 0. The van der Waals surface area contributed by atoms with E-state index in [0.717, 1.165) is 5.92 Å². The summed E-state index contributed by atoms with van der Waals surface area (Å²) in [4.78, 5) is 0. The van der Waals surface area contributed by atoms with Crippen LogP contribution in [0.15, 0.2) is 0 Å². The molecule has 0 radical (unpaired) electrons. The van der Waals surface area contributed by atoms with Crippen LogP contribution in [0.25, 0.3) is 0 Å². The maximum absolute atomic E-state index is 4.00. The van der Waals surface area contributed by atoms with E-state index >= 15 is 0 Å². The smallest absolute Gasteiger partial charge is 0 e. The zero-order valence-corrected chi connectivity index (χ0v) is 11.2. The van der Waals surface area contributed by atoms with Gasteiger partial charge in [0, 0.05) is 19.5 Å². The van der Waals surface area contributed by atoms with Crippen molar-refractivity contribution in [3.63, 3.8) is 0 Å². The molecule has 1 fully saturated rings. The molecule has 1 saturated carbocycles. The van der Waals surface area contributed by atoms with E-state index in [4.69, 9.17) is 0 Å². The quantitative estimate of drug-likeness (QED) is 0.365. The predicted molar refractivity (Wildman–Crippen MR) is 47.3 cm³/mol. The van der Waals surface area contributed by atoms with Crippen LogP contribution in [0.1, 0.15) is 32.1 Å². The van der Waals surface area contributed by atoms with Crippen LogP contribution < -0.4 is 0 Å². The van der Waals surface area contributed by atoms with Gasteiger partial charge in [-0.25, -0.2) is 0 Å². The molecule has 0 atom stereocenters. The Bertz CT molecular complexity index is 50.9. The van der Waals surface area contributed by atoms with E-state index in [1.807, 2.05) is 0 Å². The zero-order valence-electron chi connectivity index (χ0n) is 5.94. The predicted octanol–water partition coefficient (Wildman–Crippen LogP) is 3.02. The van der Waals surface area contributed by atoms with Crippen LogP contribution in [0.4, 0.5) is 0 Å². The van der Waals surface area contributed by atoms with Gasteiger partial charge in [-0.1, -0.05) is 32.1 Å². The van der Waals surface area contributed by atoms with Crippen LogP contribution in [0.3, 0.4) is 0 Å². The molecule has 1 aliphatic rings. The summed E-state index contributed by atoms with van der Waals surface area (Å²) in [6.07, 6.45) is 7.05. The number of halogens is 1. The summed E-state index contributed by atoms with van der Waals surface area (Å²) >= 11 is 0. The Morgan fingerprint density at radius 1 is 1.00 bits per heavy atom. The van der Waals surface area contributed by atoms with Crippen LogP contribution in [0.2, 0.25) is 0 Å². The minimum Gasteiger partial charge on any atom is -0.340 e. The van der Waals surface area contributed by atoms with E-state index < -0.39 is 0 Å². The fourth-order valence-corrected chi connectivity index (χ4v) is 1.19. The molecule has 0 aromatic rings. The van der Waals surface area contributed by atoms with Gasteiger partial charge in [-0.3, -0.25) is 0 Å². The molecule has 52 valence electrons. The van der Waals surface area contributed by atoms with E-state index in [1.165, 1.54) is 32.1 Å². The molecule has 0 aromatic carbocycles. The summed E-state index contributed by atoms with van der Waals surface area (Å²) in [5, 5.41) is 0. The Hall–Kier alpha value is 1.35. The molecular weight excluding hydrogens is 276 g/mol. The molecular formula is C7H14IZn-. The molecule has 1 rings (SSSR count). The first-order valence-corrected chi connectivity index (χ1v) is 3.22. The first-order valence-electron chi connectivity index (χ1n) is 3.22. The van der Waals surface area contributed by atoms with Gasteiger partial charge in [-0.2, -0.15) is 5.92 Å². The van der Waals surface area contributed by atoms with Gasteiger partial charge in [-0.05, 0) is 0 Å². The molecule has 0 N–H and O–H groups in total. The molecule has 0 spiro atoms. The Morgan fingerprint density at radius 2 is 1.44 bits per heavy atom. The van der Waals surface area contributed by atoms with Crippen molar-refractivity contribution in [1.82, 2.24) is 0 Å². The maximum Gasteiger partial charge on any atom is 0 e. The largest absolute Gasteiger partial charge is 0.340 e. The van der Waals surface area contributed by atoms with Gasteiger partial charge >= 0.3 is 0 Å². The summed E-state index contributed by atoms with van der Waals surface area (Å²) in [6.45, 7) is 4.00. The molecule has 9 heavy (non-hydrogen) atoms. The van der Waals surface area contributed by atoms with Crippen molar-refractivity contribution in [3.05, 3.63) is 6.92 Å². The van der Waals surface area contributed by atoms with Crippen molar-refractivity contribution < 1.29 is 19.5 Å². The van der Waals surface area contributed by atoms with Gasteiger partial charge in [0.1, 0.15) is 0 Å². The second kappa shape index (κ2) is 7.46. The normalized spacial score (nSPS) is 19.7. The second-order valence-electron chi connectivity index (χ2n) is 2.50. The zero-order chi connectivity index (χ0) is 5.11. The first kappa shape index (κ1) is 13.0. The summed E-state index contributed by atoms with van der Waals surface area (Å²) in [5.74, 6) is 0.786. The molecule has 0 heterocycles. The third-order valence-corrected chi connectivity index (χ3v) is 1.72. The Kier molecular flexibility index (Phi) is 10.8. The third-order valence-electron chi connectivity index (χ3n) is 1.72. The van der Waals surface area contributed by atoms with Crippen molar-refractivity contribution in [2.45, 2.75) is 32.1 Å².